The van der Waals surface area contributed by atoms with E-state index in [0.29, 0.717) is 5.56 Å². The molecular formula is C17H13N3O7S. The number of nitro benzene ring substituents is 1. The van der Waals surface area contributed by atoms with Gasteiger partial charge in [-0.3, -0.25) is 10.1 Å². The molecule has 0 amide bonds. The molecular weight excluding hydrogens is 390 g/mol. The summed E-state index contributed by atoms with van der Waals surface area (Å²) in [5, 5.41) is 18.2. The molecule has 0 fully saturated rings. The molecule has 0 saturated heterocycles. The van der Waals surface area contributed by atoms with Gasteiger partial charge in [0, 0.05) is 24.0 Å². The summed E-state index contributed by atoms with van der Waals surface area (Å²) in [4.78, 5) is 22.2. The Kier molecular flexibility index (Phi) is 5.18. The molecule has 0 atom stereocenters. The maximum atomic E-state index is 12.2. The Morgan fingerprint density at radius 1 is 1.14 bits per heavy atom. The molecule has 0 aliphatic carbocycles. The molecule has 0 N–H and O–H groups in total. The van der Waals surface area contributed by atoms with Crippen LogP contribution in [0.3, 0.4) is 0 Å². The van der Waals surface area contributed by atoms with E-state index in [1.165, 1.54) is 48.5 Å². The van der Waals surface area contributed by atoms with Crippen LogP contribution in [0.4, 0.5) is 5.69 Å². The number of benzene rings is 2. The van der Waals surface area contributed by atoms with Gasteiger partial charge in [0.25, 0.3) is 11.6 Å². The first-order valence-electron chi connectivity index (χ1n) is 7.79. The van der Waals surface area contributed by atoms with Crippen LogP contribution in [0.1, 0.15) is 16.2 Å². The minimum absolute atomic E-state index is 0.0152. The Bertz CT molecular complexity index is 1140. The summed E-state index contributed by atoms with van der Waals surface area (Å²) in [6, 6.07) is 11.2. The fraction of sp³-hybridized carbons (Fsp3) is 0.118. The van der Waals surface area contributed by atoms with E-state index in [4.69, 9.17) is 9.15 Å². The molecule has 2 aromatic carbocycles. The summed E-state index contributed by atoms with van der Waals surface area (Å²) in [7, 11) is -3.60. The van der Waals surface area contributed by atoms with Gasteiger partial charge in [-0.05, 0) is 24.3 Å². The molecule has 1 aromatic heterocycles. The number of carbonyl (C=O) groups is 1. The Morgan fingerprint density at radius 2 is 1.82 bits per heavy atom. The van der Waals surface area contributed by atoms with E-state index >= 15 is 0 Å². The van der Waals surface area contributed by atoms with Crippen LogP contribution >= 0.6 is 0 Å². The topological polar surface area (TPSA) is 142 Å². The highest BCUT2D eigenvalue weighted by Crippen LogP contribution is 2.22. The summed E-state index contributed by atoms with van der Waals surface area (Å²) >= 11 is 0. The van der Waals surface area contributed by atoms with E-state index in [0.717, 1.165) is 6.26 Å². The van der Waals surface area contributed by atoms with Gasteiger partial charge >= 0.3 is 5.97 Å². The second-order valence-corrected chi connectivity index (χ2v) is 7.63. The molecule has 28 heavy (non-hydrogen) atoms. The van der Waals surface area contributed by atoms with Gasteiger partial charge in [0.15, 0.2) is 16.4 Å². The maximum absolute atomic E-state index is 12.2. The molecule has 11 heteroatoms. The lowest BCUT2D eigenvalue weighted by molar-refractivity contribution is -0.384. The van der Waals surface area contributed by atoms with Crippen LogP contribution in [-0.4, -0.2) is 35.8 Å². The van der Waals surface area contributed by atoms with Crippen molar-refractivity contribution in [2.45, 2.75) is 11.5 Å². The first-order chi connectivity index (χ1) is 13.3. The van der Waals surface area contributed by atoms with Crippen molar-refractivity contribution in [3.63, 3.8) is 0 Å². The lowest BCUT2D eigenvalue weighted by Crippen LogP contribution is -2.11. The number of hydrogen-bond acceptors (Lipinski definition) is 9. The van der Waals surface area contributed by atoms with E-state index in [1.807, 2.05) is 0 Å². The lowest BCUT2D eigenvalue weighted by atomic mass is 10.2. The smallest absolute Gasteiger partial charge is 0.339 e. The van der Waals surface area contributed by atoms with Crippen molar-refractivity contribution in [1.82, 2.24) is 10.2 Å². The number of non-ortho nitro benzene ring substituents is 1. The quantitative estimate of drug-likeness (QED) is 0.344. The van der Waals surface area contributed by atoms with Gasteiger partial charge in [0.2, 0.25) is 5.89 Å². The van der Waals surface area contributed by atoms with Crippen molar-refractivity contribution >= 4 is 21.5 Å². The van der Waals surface area contributed by atoms with Crippen molar-refractivity contribution in [3.05, 3.63) is 70.1 Å². The number of carbonyl (C=O) groups excluding carboxylic acids is 1. The third-order valence-electron chi connectivity index (χ3n) is 3.63. The molecule has 0 bridgehead atoms. The van der Waals surface area contributed by atoms with E-state index in [9.17, 15) is 23.3 Å². The van der Waals surface area contributed by atoms with Gasteiger partial charge in [-0.25, -0.2) is 13.2 Å². The average Bonchev–Trinajstić information content (AvgIpc) is 3.14. The standard InChI is InChI=1S/C17H13N3O7S/c1-28(24,25)14-5-3-2-4-13(14)17(21)26-10-15-18-19-16(27-15)11-6-8-12(9-7-11)20(22)23/h2-9H,10H2,1H3. The Balaban J connectivity index is 1.71. The van der Waals surface area contributed by atoms with E-state index < -0.39 is 20.7 Å². The Hall–Kier alpha value is -3.60. The minimum Gasteiger partial charge on any atom is -0.452 e. The van der Waals surface area contributed by atoms with Crippen molar-refractivity contribution in [3.8, 4) is 11.5 Å². The number of rotatable bonds is 6. The van der Waals surface area contributed by atoms with Gasteiger partial charge in [-0.15, -0.1) is 10.2 Å². The van der Waals surface area contributed by atoms with Crippen LogP contribution in [0.25, 0.3) is 11.5 Å². The van der Waals surface area contributed by atoms with Gasteiger partial charge in [-0.2, -0.15) is 0 Å². The fourth-order valence-electron chi connectivity index (χ4n) is 2.32. The molecule has 0 spiro atoms. The van der Waals surface area contributed by atoms with Gasteiger partial charge in [0.05, 0.1) is 15.4 Å². The molecule has 0 aliphatic heterocycles. The molecule has 3 aromatic rings. The predicted molar refractivity (Wildman–Crippen MR) is 95.1 cm³/mol. The van der Waals surface area contributed by atoms with E-state index in [-0.39, 0.29) is 34.5 Å². The van der Waals surface area contributed by atoms with Crippen molar-refractivity contribution in [2.75, 3.05) is 6.26 Å². The average molecular weight is 403 g/mol. The minimum atomic E-state index is -3.60. The normalized spacial score (nSPS) is 11.2. The Labute approximate surface area is 158 Å². The second-order valence-electron chi connectivity index (χ2n) is 5.65. The number of nitro groups is 1. The zero-order chi connectivity index (χ0) is 20.3. The molecule has 1 heterocycles. The van der Waals surface area contributed by atoms with Crippen LogP contribution in [0.2, 0.25) is 0 Å². The van der Waals surface area contributed by atoms with Crippen molar-refractivity contribution in [2.24, 2.45) is 0 Å². The zero-order valence-electron chi connectivity index (χ0n) is 14.4. The summed E-state index contributed by atoms with van der Waals surface area (Å²) in [5.74, 6) is -0.771. The number of sulfone groups is 1. The van der Waals surface area contributed by atoms with Crippen LogP contribution < -0.4 is 0 Å². The fourth-order valence-corrected chi connectivity index (χ4v) is 3.19. The number of aromatic nitrogens is 2. The SMILES string of the molecule is CS(=O)(=O)c1ccccc1C(=O)OCc1nnc(-c2ccc([N+](=O)[O-])cc2)o1. The second kappa shape index (κ2) is 7.56. The van der Waals surface area contributed by atoms with Crippen molar-refractivity contribution < 1.29 is 27.3 Å². The maximum Gasteiger partial charge on any atom is 0.339 e. The molecule has 3 rings (SSSR count). The van der Waals surface area contributed by atoms with Crippen LogP contribution in [0.15, 0.2) is 57.8 Å². The summed E-state index contributed by atoms with van der Waals surface area (Å²) in [6.07, 6.45) is 0.994. The van der Waals surface area contributed by atoms with E-state index in [2.05, 4.69) is 10.2 Å². The predicted octanol–water partition coefficient (Wildman–Crippen LogP) is 2.41. The third-order valence-corrected chi connectivity index (χ3v) is 4.78. The third kappa shape index (κ3) is 4.20. The number of nitrogens with zero attached hydrogens (tertiary/aromatic N) is 3. The molecule has 0 radical (unpaired) electrons. The zero-order valence-corrected chi connectivity index (χ0v) is 15.3. The number of ether oxygens (including phenoxy) is 1. The molecule has 10 nitrogen and oxygen atoms in total. The monoisotopic (exact) mass is 403 g/mol. The summed E-state index contributed by atoms with van der Waals surface area (Å²) in [6.45, 7) is -0.364. The van der Waals surface area contributed by atoms with Crippen molar-refractivity contribution in [1.29, 1.82) is 0 Å². The summed E-state index contributed by atoms with van der Waals surface area (Å²) < 4.78 is 34.0. The van der Waals surface area contributed by atoms with Crippen LogP contribution in [-0.2, 0) is 21.2 Å². The molecule has 144 valence electrons. The largest absolute Gasteiger partial charge is 0.452 e. The molecule has 0 unspecified atom stereocenters. The Morgan fingerprint density at radius 3 is 2.46 bits per heavy atom. The highest BCUT2D eigenvalue weighted by molar-refractivity contribution is 7.90. The first-order valence-corrected chi connectivity index (χ1v) is 9.68. The van der Waals surface area contributed by atoms with Gasteiger partial charge in [-0.1, -0.05) is 12.1 Å². The lowest BCUT2D eigenvalue weighted by Gasteiger charge is -2.06. The van der Waals surface area contributed by atoms with E-state index in [1.54, 1.807) is 0 Å². The molecule has 0 saturated carbocycles. The number of hydrogen-bond donors (Lipinski definition) is 0. The van der Waals surface area contributed by atoms with Crippen LogP contribution in [0, 0.1) is 10.1 Å². The first kappa shape index (κ1) is 19.2. The van der Waals surface area contributed by atoms with Crippen LogP contribution in [0.5, 0.6) is 0 Å². The molecule has 0 aliphatic rings. The highest BCUT2D eigenvalue weighted by Gasteiger charge is 2.20. The number of esters is 1. The highest BCUT2D eigenvalue weighted by atomic mass is 32.2. The van der Waals surface area contributed by atoms with Gasteiger partial charge < -0.3 is 9.15 Å². The van der Waals surface area contributed by atoms with Gasteiger partial charge in [0.1, 0.15) is 0 Å². The summed E-state index contributed by atoms with van der Waals surface area (Å²) in [5.41, 5.74) is 0.278.